The molecular weight excluding hydrogens is 172 g/mol. The maximum absolute atomic E-state index is 5.95. The Hall–Kier alpha value is -0.0800. The van der Waals surface area contributed by atoms with Crippen LogP contribution in [0.15, 0.2) is 0 Å². The van der Waals surface area contributed by atoms with Crippen LogP contribution >= 0.6 is 0 Å². The Morgan fingerprint density at radius 2 is 1.86 bits per heavy atom. The molecule has 2 atom stereocenters. The molecule has 84 valence electrons. The van der Waals surface area contributed by atoms with E-state index in [0.29, 0.717) is 12.0 Å². The quantitative estimate of drug-likeness (QED) is 0.733. The fourth-order valence-electron chi connectivity index (χ4n) is 2.22. The Bertz CT molecular complexity index is 187. The summed E-state index contributed by atoms with van der Waals surface area (Å²) < 4.78 is 0. The zero-order valence-electron chi connectivity index (χ0n) is 10.4. The third-order valence-electron chi connectivity index (χ3n) is 4.25. The smallest absolute Gasteiger partial charge is 0.0331 e. The summed E-state index contributed by atoms with van der Waals surface area (Å²) in [5, 5.41) is 0. The molecule has 0 aliphatic heterocycles. The highest BCUT2D eigenvalue weighted by atomic mass is 15.2. The van der Waals surface area contributed by atoms with Crippen molar-refractivity contribution in [2.75, 3.05) is 13.6 Å². The summed E-state index contributed by atoms with van der Waals surface area (Å²) in [6, 6.07) is 0.615. The predicted molar refractivity (Wildman–Crippen MR) is 62.2 cm³/mol. The second kappa shape index (κ2) is 4.19. The van der Waals surface area contributed by atoms with E-state index in [2.05, 4.69) is 39.6 Å². The second-order valence-corrected chi connectivity index (χ2v) is 5.43. The van der Waals surface area contributed by atoms with Crippen molar-refractivity contribution in [2.24, 2.45) is 17.6 Å². The zero-order valence-corrected chi connectivity index (χ0v) is 10.4. The van der Waals surface area contributed by atoms with Gasteiger partial charge in [-0.25, -0.2) is 0 Å². The maximum Gasteiger partial charge on any atom is 0.0331 e. The van der Waals surface area contributed by atoms with Crippen molar-refractivity contribution in [3.63, 3.8) is 0 Å². The average Bonchev–Trinajstić information content (AvgIpc) is 2.97. The molecule has 0 aromatic heterocycles. The Kier molecular flexibility index (Phi) is 3.59. The summed E-state index contributed by atoms with van der Waals surface area (Å²) in [4.78, 5) is 2.50. The van der Waals surface area contributed by atoms with Gasteiger partial charge in [-0.1, -0.05) is 13.8 Å². The van der Waals surface area contributed by atoms with Crippen molar-refractivity contribution in [1.29, 1.82) is 0 Å². The molecule has 14 heavy (non-hydrogen) atoms. The van der Waals surface area contributed by atoms with Crippen LogP contribution < -0.4 is 5.73 Å². The average molecular weight is 198 g/mol. The van der Waals surface area contributed by atoms with E-state index in [9.17, 15) is 0 Å². The normalized spacial score (nSPS) is 24.0. The van der Waals surface area contributed by atoms with Gasteiger partial charge in [0.1, 0.15) is 0 Å². The highest BCUT2D eigenvalue weighted by Crippen LogP contribution is 2.43. The minimum atomic E-state index is 0.226. The van der Waals surface area contributed by atoms with E-state index in [1.54, 1.807) is 0 Å². The van der Waals surface area contributed by atoms with Gasteiger partial charge in [0.05, 0.1) is 0 Å². The minimum Gasteiger partial charge on any atom is -0.329 e. The topological polar surface area (TPSA) is 29.3 Å². The molecule has 1 fully saturated rings. The van der Waals surface area contributed by atoms with E-state index in [1.165, 1.54) is 12.8 Å². The molecule has 2 heteroatoms. The Morgan fingerprint density at radius 3 is 2.14 bits per heavy atom. The molecule has 0 radical (unpaired) electrons. The molecule has 1 aliphatic rings. The van der Waals surface area contributed by atoms with E-state index < -0.39 is 0 Å². The van der Waals surface area contributed by atoms with Crippen LogP contribution in [0.2, 0.25) is 0 Å². The van der Waals surface area contributed by atoms with Crippen LogP contribution in [0.25, 0.3) is 0 Å². The summed E-state index contributed by atoms with van der Waals surface area (Å²) in [6.07, 6.45) is 2.73. The van der Waals surface area contributed by atoms with Gasteiger partial charge in [0.15, 0.2) is 0 Å². The number of nitrogens with two attached hydrogens (primary N) is 1. The van der Waals surface area contributed by atoms with Gasteiger partial charge in [0, 0.05) is 18.1 Å². The first-order valence-electron chi connectivity index (χ1n) is 5.86. The van der Waals surface area contributed by atoms with Gasteiger partial charge in [-0.2, -0.15) is 0 Å². The number of hydrogen-bond acceptors (Lipinski definition) is 2. The Balaban J connectivity index is 2.68. The zero-order chi connectivity index (χ0) is 10.9. The highest BCUT2D eigenvalue weighted by Gasteiger charge is 2.44. The lowest BCUT2D eigenvalue weighted by Crippen LogP contribution is -2.56. The molecule has 1 rings (SSSR count). The van der Waals surface area contributed by atoms with Crippen LogP contribution in [0.1, 0.15) is 40.5 Å². The molecule has 2 nitrogen and oxygen atoms in total. The van der Waals surface area contributed by atoms with Crippen molar-refractivity contribution < 1.29 is 0 Å². The molecule has 1 saturated carbocycles. The molecule has 0 saturated heterocycles. The summed E-state index contributed by atoms with van der Waals surface area (Å²) >= 11 is 0. The molecule has 0 bridgehead atoms. The third-order valence-corrected chi connectivity index (χ3v) is 4.25. The monoisotopic (exact) mass is 198 g/mol. The fourth-order valence-corrected chi connectivity index (χ4v) is 2.22. The van der Waals surface area contributed by atoms with Gasteiger partial charge in [0.2, 0.25) is 0 Å². The fraction of sp³-hybridized carbons (Fsp3) is 1.00. The van der Waals surface area contributed by atoms with Crippen molar-refractivity contribution in [3.8, 4) is 0 Å². The van der Waals surface area contributed by atoms with Crippen molar-refractivity contribution >= 4 is 0 Å². The number of nitrogens with zero attached hydrogens (tertiary/aromatic N) is 1. The number of rotatable bonds is 5. The standard InChI is InChI=1S/C12H26N2/c1-9(2)10(3)14(5)12(4,8-13)11-6-7-11/h9-11H,6-8,13H2,1-5H3. The van der Waals surface area contributed by atoms with Gasteiger partial charge in [-0.3, -0.25) is 4.90 Å². The second-order valence-electron chi connectivity index (χ2n) is 5.43. The lowest BCUT2D eigenvalue weighted by Gasteiger charge is -2.43. The lowest BCUT2D eigenvalue weighted by molar-refractivity contribution is 0.0593. The molecule has 0 spiro atoms. The highest BCUT2D eigenvalue weighted by molar-refractivity contribution is 5.00. The van der Waals surface area contributed by atoms with E-state index >= 15 is 0 Å². The van der Waals surface area contributed by atoms with Gasteiger partial charge >= 0.3 is 0 Å². The van der Waals surface area contributed by atoms with E-state index in [4.69, 9.17) is 5.73 Å². The van der Waals surface area contributed by atoms with Crippen molar-refractivity contribution in [3.05, 3.63) is 0 Å². The third kappa shape index (κ3) is 2.12. The predicted octanol–water partition coefficient (Wildman–Crippen LogP) is 2.09. The Labute approximate surface area is 88.8 Å². The number of likely N-dealkylation sites (N-methyl/N-ethyl adjacent to an activating group) is 1. The Morgan fingerprint density at radius 1 is 1.36 bits per heavy atom. The van der Waals surface area contributed by atoms with Crippen LogP contribution in [0.3, 0.4) is 0 Å². The maximum atomic E-state index is 5.95. The molecule has 0 aromatic carbocycles. The van der Waals surface area contributed by atoms with Gasteiger partial charge in [-0.05, 0) is 45.6 Å². The molecule has 0 heterocycles. The van der Waals surface area contributed by atoms with E-state index in [-0.39, 0.29) is 5.54 Å². The molecule has 0 aromatic rings. The molecule has 1 aliphatic carbocycles. The minimum absolute atomic E-state index is 0.226. The van der Waals surface area contributed by atoms with E-state index in [1.807, 2.05) is 0 Å². The first-order valence-corrected chi connectivity index (χ1v) is 5.86. The number of hydrogen-bond donors (Lipinski definition) is 1. The van der Waals surface area contributed by atoms with Crippen LogP contribution in [0.4, 0.5) is 0 Å². The van der Waals surface area contributed by atoms with Gasteiger partial charge in [-0.15, -0.1) is 0 Å². The van der Waals surface area contributed by atoms with Crippen LogP contribution in [-0.2, 0) is 0 Å². The van der Waals surface area contributed by atoms with Crippen LogP contribution in [0.5, 0.6) is 0 Å². The van der Waals surface area contributed by atoms with Gasteiger partial charge < -0.3 is 5.73 Å². The van der Waals surface area contributed by atoms with Crippen molar-refractivity contribution in [1.82, 2.24) is 4.90 Å². The largest absolute Gasteiger partial charge is 0.329 e. The summed E-state index contributed by atoms with van der Waals surface area (Å²) in [7, 11) is 2.23. The summed E-state index contributed by atoms with van der Waals surface area (Å²) in [5.41, 5.74) is 6.17. The first-order chi connectivity index (χ1) is 6.43. The van der Waals surface area contributed by atoms with E-state index in [0.717, 1.165) is 12.5 Å². The molecular formula is C12H26N2. The molecule has 2 unspecified atom stereocenters. The lowest BCUT2D eigenvalue weighted by atomic mass is 9.90. The van der Waals surface area contributed by atoms with Crippen LogP contribution in [0, 0.1) is 11.8 Å². The summed E-state index contributed by atoms with van der Waals surface area (Å²) in [6.45, 7) is 9.98. The summed E-state index contributed by atoms with van der Waals surface area (Å²) in [5.74, 6) is 1.53. The SMILES string of the molecule is CC(C)C(C)N(C)C(C)(CN)C1CC1. The van der Waals surface area contributed by atoms with Crippen molar-refractivity contribution in [2.45, 2.75) is 52.1 Å². The van der Waals surface area contributed by atoms with Crippen LogP contribution in [-0.4, -0.2) is 30.1 Å². The first kappa shape index (κ1) is 12.0. The molecule has 0 amide bonds. The molecule has 2 N–H and O–H groups in total. The van der Waals surface area contributed by atoms with Gasteiger partial charge in [0.25, 0.3) is 0 Å².